The number of tetrazole rings is 1. The van der Waals surface area contributed by atoms with Crippen LogP contribution < -0.4 is 5.73 Å². The Morgan fingerprint density at radius 3 is 2.80 bits per heavy atom. The Morgan fingerprint density at radius 2 is 2.00 bits per heavy atom. The summed E-state index contributed by atoms with van der Waals surface area (Å²) in [7, 11) is 0. The second kappa shape index (κ2) is 6.03. The zero-order chi connectivity index (χ0) is 13.8. The van der Waals surface area contributed by atoms with Gasteiger partial charge >= 0.3 is 0 Å². The molecular weight excluding hydrogens is 250 g/mol. The van der Waals surface area contributed by atoms with Crippen molar-refractivity contribution in [2.75, 3.05) is 5.73 Å². The quantitative estimate of drug-likeness (QED) is 0.849. The molecular formula is C15H21N5. The zero-order valence-electron chi connectivity index (χ0n) is 11.7. The first-order valence-electron chi connectivity index (χ1n) is 7.45. The second-order valence-corrected chi connectivity index (χ2v) is 5.61. The average Bonchev–Trinajstić information content (AvgIpc) is 3.11. The molecule has 0 spiro atoms. The van der Waals surface area contributed by atoms with Crippen LogP contribution in [0.2, 0.25) is 0 Å². The molecule has 3 rings (SSSR count). The Labute approximate surface area is 119 Å². The van der Waals surface area contributed by atoms with Gasteiger partial charge in [-0.2, -0.15) is 0 Å². The van der Waals surface area contributed by atoms with E-state index in [-0.39, 0.29) is 0 Å². The summed E-state index contributed by atoms with van der Waals surface area (Å²) in [5, 5.41) is 12.0. The molecule has 0 aliphatic heterocycles. The molecule has 1 aromatic carbocycles. The summed E-state index contributed by atoms with van der Waals surface area (Å²) < 4.78 is 1.88. The molecule has 2 N–H and O–H groups in total. The van der Waals surface area contributed by atoms with Gasteiger partial charge in [0.2, 0.25) is 0 Å². The van der Waals surface area contributed by atoms with Gasteiger partial charge < -0.3 is 5.73 Å². The van der Waals surface area contributed by atoms with Crippen molar-refractivity contribution in [2.45, 2.75) is 45.1 Å². The number of hydrogen-bond donors (Lipinski definition) is 1. The molecule has 1 aliphatic carbocycles. The minimum atomic E-state index is 0.722. The number of nitrogens with zero attached hydrogens (tertiary/aromatic N) is 4. The van der Waals surface area contributed by atoms with Gasteiger partial charge in [0.25, 0.3) is 0 Å². The van der Waals surface area contributed by atoms with Crippen LogP contribution in [-0.4, -0.2) is 20.2 Å². The summed E-state index contributed by atoms with van der Waals surface area (Å²) in [5.41, 5.74) is 7.64. The minimum Gasteiger partial charge on any atom is -0.398 e. The Kier molecular flexibility index (Phi) is 3.95. The molecule has 0 amide bonds. The van der Waals surface area contributed by atoms with Crippen molar-refractivity contribution in [3.63, 3.8) is 0 Å². The molecule has 1 heterocycles. The zero-order valence-corrected chi connectivity index (χ0v) is 11.7. The van der Waals surface area contributed by atoms with Crippen LogP contribution in [0.4, 0.5) is 5.69 Å². The summed E-state index contributed by atoms with van der Waals surface area (Å²) in [4.78, 5) is 0. The van der Waals surface area contributed by atoms with E-state index in [9.17, 15) is 0 Å². The van der Waals surface area contributed by atoms with Gasteiger partial charge in [-0.1, -0.05) is 37.8 Å². The van der Waals surface area contributed by atoms with E-state index in [1.807, 2.05) is 28.9 Å². The predicted molar refractivity (Wildman–Crippen MR) is 78.9 cm³/mol. The highest BCUT2D eigenvalue weighted by molar-refractivity contribution is 5.70. The fourth-order valence-electron chi connectivity index (χ4n) is 3.08. The molecule has 106 valence electrons. The van der Waals surface area contributed by atoms with Crippen molar-refractivity contribution >= 4 is 5.69 Å². The molecule has 20 heavy (non-hydrogen) atoms. The third-order valence-electron chi connectivity index (χ3n) is 4.19. The lowest BCUT2D eigenvalue weighted by atomic mass is 10.0. The first-order chi connectivity index (χ1) is 9.84. The first kappa shape index (κ1) is 13.1. The molecule has 1 fully saturated rings. The molecule has 5 heteroatoms. The number of aryl methyl sites for hydroxylation is 1. The van der Waals surface area contributed by atoms with E-state index in [0.29, 0.717) is 0 Å². The number of nitrogen functional groups attached to an aromatic ring is 1. The van der Waals surface area contributed by atoms with E-state index in [0.717, 1.165) is 36.0 Å². The third kappa shape index (κ3) is 2.81. The largest absolute Gasteiger partial charge is 0.398 e. The van der Waals surface area contributed by atoms with Crippen LogP contribution in [-0.2, 0) is 6.54 Å². The number of aromatic nitrogens is 4. The van der Waals surface area contributed by atoms with Crippen LogP contribution >= 0.6 is 0 Å². The van der Waals surface area contributed by atoms with Gasteiger partial charge in [0, 0.05) is 17.8 Å². The van der Waals surface area contributed by atoms with Crippen LogP contribution in [0.5, 0.6) is 0 Å². The molecule has 0 radical (unpaired) electrons. The van der Waals surface area contributed by atoms with Gasteiger partial charge in [0.15, 0.2) is 5.82 Å². The topological polar surface area (TPSA) is 69.6 Å². The van der Waals surface area contributed by atoms with Gasteiger partial charge in [-0.15, -0.1) is 5.10 Å². The lowest BCUT2D eigenvalue weighted by Crippen LogP contribution is -2.06. The van der Waals surface area contributed by atoms with Gasteiger partial charge in [-0.3, -0.25) is 0 Å². The Morgan fingerprint density at radius 1 is 1.20 bits per heavy atom. The highest BCUT2D eigenvalue weighted by Gasteiger charge is 2.15. The maximum Gasteiger partial charge on any atom is 0.184 e. The Hall–Kier alpha value is -1.91. The standard InChI is InChI=1S/C15H21N5/c16-14-10-4-3-9-13(14)15-17-18-19-20(15)11-5-8-12-6-1-2-7-12/h3-4,9-10,12H,1-2,5-8,11,16H2. The molecule has 1 aliphatic rings. The summed E-state index contributed by atoms with van der Waals surface area (Å²) >= 11 is 0. The summed E-state index contributed by atoms with van der Waals surface area (Å²) in [6, 6.07) is 7.73. The molecule has 5 nitrogen and oxygen atoms in total. The van der Waals surface area contributed by atoms with Crippen molar-refractivity contribution in [1.29, 1.82) is 0 Å². The van der Waals surface area contributed by atoms with E-state index in [1.54, 1.807) is 0 Å². The van der Waals surface area contributed by atoms with Crippen molar-refractivity contribution < 1.29 is 0 Å². The monoisotopic (exact) mass is 271 g/mol. The highest BCUT2D eigenvalue weighted by Crippen LogP contribution is 2.29. The van der Waals surface area contributed by atoms with Crippen molar-refractivity contribution in [2.24, 2.45) is 5.92 Å². The Balaban J connectivity index is 1.66. The second-order valence-electron chi connectivity index (χ2n) is 5.61. The van der Waals surface area contributed by atoms with Crippen LogP contribution in [0.1, 0.15) is 38.5 Å². The van der Waals surface area contributed by atoms with E-state index >= 15 is 0 Å². The van der Waals surface area contributed by atoms with Gasteiger partial charge in [0.05, 0.1) is 0 Å². The van der Waals surface area contributed by atoms with Gasteiger partial charge in [-0.05, 0) is 41.3 Å². The van der Waals surface area contributed by atoms with Crippen molar-refractivity contribution in [3.8, 4) is 11.4 Å². The maximum atomic E-state index is 6.00. The summed E-state index contributed by atoms with van der Waals surface area (Å²) in [6.07, 6.45) is 8.02. The number of rotatable bonds is 5. The normalized spacial score (nSPS) is 15.8. The fourth-order valence-corrected chi connectivity index (χ4v) is 3.08. The van der Waals surface area contributed by atoms with Crippen molar-refractivity contribution in [3.05, 3.63) is 24.3 Å². The van der Waals surface area contributed by atoms with E-state index in [2.05, 4.69) is 15.5 Å². The maximum absolute atomic E-state index is 6.00. The molecule has 1 aromatic heterocycles. The van der Waals surface area contributed by atoms with Crippen LogP contribution in [0, 0.1) is 5.92 Å². The fraction of sp³-hybridized carbons (Fsp3) is 0.533. The van der Waals surface area contributed by atoms with Gasteiger partial charge in [-0.25, -0.2) is 4.68 Å². The van der Waals surface area contributed by atoms with Gasteiger partial charge in [0.1, 0.15) is 0 Å². The molecule has 0 bridgehead atoms. The van der Waals surface area contributed by atoms with Crippen molar-refractivity contribution in [1.82, 2.24) is 20.2 Å². The van der Waals surface area contributed by atoms with Crippen LogP contribution in [0.15, 0.2) is 24.3 Å². The van der Waals surface area contributed by atoms with E-state index < -0.39 is 0 Å². The molecule has 2 aromatic rings. The third-order valence-corrected chi connectivity index (χ3v) is 4.19. The number of benzene rings is 1. The number of nitrogens with two attached hydrogens (primary N) is 1. The molecule has 0 unspecified atom stereocenters. The van der Waals surface area contributed by atoms with Crippen LogP contribution in [0.25, 0.3) is 11.4 Å². The first-order valence-corrected chi connectivity index (χ1v) is 7.45. The lowest BCUT2D eigenvalue weighted by Gasteiger charge is -2.09. The van der Waals surface area contributed by atoms with E-state index in [1.165, 1.54) is 32.1 Å². The molecule has 1 saturated carbocycles. The Bertz CT molecular complexity index is 557. The smallest absolute Gasteiger partial charge is 0.184 e. The number of anilines is 1. The molecule has 0 atom stereocenters. The molecule has 0 saturated heterocycles. The average molecular weight is 271 g/mol. The lowest BCUT2D eigenvalue weighted by molar-refractivity contribution is 0.444. The number of hydrogen-bond acceptors (Lipinski definition) is 4. The highest BCUT2D eigenvalue weighted by atomic mass is 15.5. The van der Waals surface area contributed by atoms with Crippen LogP contribution in [0.3, 0.4) is 0 Å². The predicted octanol–water partition coefficient (Wildman–Crippen LogP) is 2.89. The van der Waals surface area contributed by atoms with E-state index in [4.69, 9.17) is 5.73 Å². The minimum absolute atomic E-state index is 0.722. The summed E-state index contributed by atoms with van der Waals surface area (Å²) in [5.74, 6) is 1.69. The summed E-state index contributed by atoms with van der Waals surface area (Å²) in [6.45, 7) is 0.868. The SMILES string of the molecule is Nc1ccccc1-c1nnnn1CCCC1CCCC1. The number of para-hydroxylation sites is 1.